The standard InChI is InChI=1S/C19H25NO4/c1-13(21)17-15(22)6-7-16-18(17)14-5-3-2-4-8-19(14,24-16)20-9-11-23-12-10-20/h6-7,14,22H,2-5,8-12H2,1H3/t14-,19+/m1/s1. The molecule has 1 aromatic carbocycles. The third-order valence-electron chi connectivity index (χ3n) is 5.79. The Kier molecular flexibility index (Phi) is 4.01. The van der Waals surface area contributed by atoms with E-state index in [1.165, 1.54) is 13.3 Å². The highest BCUT2D eigenvalue weighted by Gasteiger charge is 2.54. The molecule has 1 saturated heterocycles. The number of Topliss-reactive ketones (excluding diaryl/α,β-unsaturated/α-hetero) is 1. The Morgan fingerprint density at radius 3 is 2.79 bits per heavy atom. The molecule has 2 atom stereocenters. The van der Waals surface area contributed by atoms with Crippen LogP contribution in [0.25, 0.3) is 0 Å². The molecule has 2 fully saturated rings. The maximum Gasteiger partial charge on any atom is 0.170 e. The number of ether oxygens (including phenoxy) is 2. The van der Waals surface area contributed by atoms with Gasteiger partial charge in [0.05, 0.1) is 18.8 Å². The molecule has 3 aliphatic rings. The molecule has 1 aromatic rings. The molecular weight excluding hydrogens is 306 g/mol. The van der Waals surface area contributed by atoms with E-state index in [0.717, 1.165) is 63.3 Å². The first-order valence-electron chi connectivity index (χ1n) is 9.02. The molecular formula is C19H25NO4. The fourth-order valence-corrected chi connectivity index (χ4v) is 4.76. The van der Waals surface area contributed by atoms with E-state index in [4.69, 9.17) is 9.47 Å². The monoisotopic (exact) mass is 331 g/mol. The van der Waals surface area contributed by atoms with E-state index in [0.29, 0.717) is 5.56 Å². The maximum absolute atomic E-state index is 12.2. The summed E-state index contributed by atoms with van der Waals surface area (Å²) in [6, 6.07) is 3.42. The number of hydrogen-bond acceptors (Lipinski definition) is 5. The van der Waals surface area contributed by atoms with Crippen molar-refractivity contribution in [1.29, 1.82) is 0 Å². The summed E-state index contributed by atoms with van der Waals surface area (Å²) in [6.07, 6.45) is 5.41. The average molecular weight is 331 g/mol. The Hall–Kier alpha value is -1.59. The molecule has 130 valence electrons. The molecule has 0 spiro atoms. The van der Waals surface area contributed by atoms with Crippen molar-refractivity contribution < 1.29 is 19.4 Å². The average Bonchev–Trinajstić information content (AvgIpc) is 2.75. The largest absolute Gasteiger partial charge is 0.507 e. The molecule has 5 heteroatoms. The summed E-state index contributed by atoms with van der Waals surface area (Å²) in [5.41, 5.74) is 0.992. The van der Waals surface area contributed by atoms with Gasteiger partial charge in [0.15, 0.2) is 11.5 Å². The smallest absolute Gasteiger partial charge is 0.170 e. The SMILES string of the molecule is CC(=O)c1c(O)ccc2c1[C@H]1CCCCC[C@]1(N1CCOCC1)O2. The quantitative estimate of drug-likeness (QED) is 0.844. The van der Waals surface area contributed by atoms with Crippen LogP contribution < -0.4 is 4.74 Å². The van der Waals surface area contributed by atoms with Crippen LogP contribution in [-0.2, 0) is 4.74 Å². The van der Waals surface area contributed by atoms with E-state index in [9.17, 15) is 9.90 Å². The molecule has 0 amide bonds. The van der Waals surface area contributed by atoms with Gasteiger partial charge in [-0.25, -0.2) is 0 Å². The summed E-state index contributed by atoms with van der Waals surface area (Å²) in [6.45, 7) is 4.68. The van der Waals surface area contributed by atoms with Gasteiger partial charge < -0.3 is 14.6 Å². The number of morpholine rings is 1. The summed E-state index contributed by atoms with van der Waals surface area (Å²) in [5, 5.41) is 10.3. The van der Waals surface area contributed by atoms with Crippen molar-refractivity contribution in [2.45, 2.75) is 50.7 Å². The van der Waals surface area contributed by atoms with Gasteiger partial charge in [0.25, 0.3) is 0 Å². The molecule has 5 nitrogen and oxygen atoms in total. The van der Waals surface area contributed by atoms with Crippen molar-refractivity contribution in [2.24, 2.45) is 0 Å². The lowest BCUT2D eigenvalue weighted by atomic mass is 9.82. The fourth-order valence-electron chi connectivity index (χ4n) is 4.76. The van der Waals surface area contributed by atoms with Crippen LogP contribution in [0.4, 0.5) is 0 Å². The number of ketones is 1. The van der Waals surface area contributed by atoms with Crippen molar-refractivity contribution in [3.05, 3.63) is 23.3 Å². The van der Waals surface area contributed by atoms with Gasteiger partial charge >= 0.3 is 0 Å². The number of carbonyl (C=O) groups excluding carboxylic acids is 1. The zero-order chi connectivity index (χ0) is 16.7. The molecule has 4 rings (SSSR count). The summed E-state index contributed by atoms with van der Waals surface area (Å²) >= 11 is 0. The van der Waals surface area contributed by atoms with E-state index in [2.05, 4.69) is 4.90 Å². The van der Waals surface area contributed by atoms with Crippen LogP contribution in [0, 0.1) is 0 Å². The highest BCUT2D eigenvalue weighted by Crippen LogP contribution is 2.55. The lowest BCUT2D eigenvalue weighted by Crippen LogP contribution is -2.58. The molecule has 2 heterocycles. The number of phenolic OH excluding ortho intramolecular Hbond substituents is 1. The van der Waals surface area contributed by atoms with Crippen molar-refractivity contribution >= 4 is 5.78 Å². The van der Waals surface area contributed by atoms with Crippen molar-refractivity contribution in [3.8, 4) is 11.5 Å². The summed E-state index contributed by atoms with van der Waals surface area (Å²) in [5.74, 6) is 0.900. The zero-order valence-corrected chi connectivity index (χ0v) is 14.2. The van der Waals surface area contributed by atoms with E-state index in [-0.39, 0.29) is 23.2 Å². The number of carbonyl (C=O) groups is 1. The van der Waals surface area contributed by atoms with Crippen molar-refractivity contribution in [1.82, 2.24) is 4.90 Å². The Balaban J connectivity index is 1.84. The number of phenols is 1. The zero-order valence-electron chi connectivity index (χ0n) is 14.2. The van der Waals surface area contributed by atoms with Gasteiger partial charge in [0, 0.05) is 31.0 Å². The fraction of sp³-hybridized carbons (Fsp3) is 0.632. The summed E-state index contributed by atoms with van der Waals surface area (Å²) in [4.78, 5) is 14.6. The normalized spacial score (nSPS) is 30.1. The highest BCUT2D eigenvalue weighted by molar-refractivity contribution is 5.99. The third kappa shape index (κ3) is 2.33. The Morgan fingerprint density at radius 2 is 2.04 bits per heavy atom. The predicted molar refractivity (Wildman–Crippen MR) is 89.7 cm³/mol. The van der Waals surface area contributed by atoms with Gasteiger partial charge in [-0.15, -0.1) is 0 Å². The number of aromatic hydroxyl groups is 1. The number of rotatable bonds is 2. The second-order valence-electron chi connectivity index (χ2n) is 7.13. The summed E-state index contributed by atoms with van der Waals surface area (Å²) < 4.78 is 12.1. The number of hydrogen-bond donors (Lipinski definition) is 1. The molecule has 0 radical (unpaired) electrons. The highest BCUT2D eigenvalue weighted by atomic mass is 16.5. The van der Waals surface area contributed by atoms with Crippen LogP contribution in [0.15, 0.2) is 12.1 Å². The van der Waals surface area contributed by atoms with Crippen molar-refractivity contribution in [3.63, 3.8) is 0 Å². The van der Waals surface area contributed by atoms with Crippen LogP contribution in [-0.4, -0.2) is 47.8 Å². The van der Waals surface area contributed by atoms with E-state index in [1.54, 1.807) is 6.07 Å². The van der Waals surface area contributed by atoms with Gasteiger partial charge in [0.1, 0.15) is 11.5 Å². The third-order valence-corrected chi connectivity index (χ3v) is 5.79. The second kappa shape index (κ2) is 6.05. The van der Waals surface area contributed by atoms with Gasteiger partial charge in [-0.1, -0.05) is 12.8 Å². The number of benzene rings is 1. The molecule has 1 N–H and O–H groups in total. The molecule has 2 aliphatic heterocycles. The van der Waals surface area contributed by atoms with Crippen molar-refractivity contribution in [2.75, 3.05) is 26.3 Å². The van der Waals surface area contributed by atoms with Gasteiger partial charge in [-0.2, -0.15) is 0 Å². The molecule has 0 bridgehead atoms. The minimum absolute atomic E-state index is 0.0758. The van der Waals surface area contributed by atoms with Crippen LogP contribution >= 0.6 is 0 Å². The molecule has 0 unspecified atom stereocenters. The first-order valence-corrected chi connectivity index (χ1v) is 9.02. The number of nitrogens with zero attached hydrogens (tertiary/aromatic N) is 1. The van der Waals surface area contributed by atoms with E-state index in [1.807, 2.05) is 6.07 Å². The minimum atomic E-state index is -0.388. The molecule has 1 saturated carbocycles. The lowest BCUT2D eigenvalue weighted by molar-refractivity contribution is -0.128. The van der Waals surface area contributed by atoms with E-state index < -0.39 is 0 Å². The maximum atomic E-state index is 12.2. The molecule has 0 aromatic heterocycles. The molecule has 1 aliphatic carbocycles. The lowest BCUT2D eigenvalue weighted by Gasteiger charge is -2.45. The van der Waals surface area contributed by atoms with Gasteiger partial charge in [0.2, 0.25) is 0 Å². The Labute approximate surface area is 142 Å². The minimum Gasteiger partial charge on any atom is -0.507 e. The van der Waals surface area contributed by atoms with Crippen LogP contribution in [0.2, 0.25) is 0 Å². The summed E-state index contributed by atoms with van der Waals surface area (Å²) in [7, 11) is 0. The first kappa shape index (κ1) is 15.9. The van der Waals surface area contributed by atoms with Crippen LogP contribution in [0.3, 0.4) is 0 Å². The predicted octanol–water partition coefficient (Wildman–Crippen LogP) is 3.06. The van der Waals surface area contributed by atoms with E-state index >= 15 is 0 Å². The topological polar surface area (TPSA) is 59.0 Å². The molecule has 24 heavy (non-hydrogen) atoms. The van der Waals surface area contributed by atoms with Crippen LogP contribution in [0.5, 0.6) is 11.5 Å². The first-order chi connectivity index (χ1) is 11.6. The second-order valence-corrected chi connectivity index (χ2v) is 7.13. The van der Waals surface area contributed by atoms with Gasteiger partial charge in [-0.05, 0) is 31.9 Å². The van der Waals surface area contributed by atoms with Gasteiger partial charge in [-0.3, -0.25) is 9.69 Å². The Bertz CT molecular complexity index is 653. The number of fused-ring (bicyclic) bond motifs is 3. The van der Waals surface area contributed by atoms with Crippen LogP contribution in [0.1, 0.15) is 60.9 Å². The Morgan fingerprint density at radius 1 is 1.25 bits per heavy atom.